The molecule has 0 saturated carbocycles. The predicted molar refractivity (Wildman–Crippen MR) is 114 cm³/mol. The van der Waals surface area contributed by atoms with E-state index in [0.29, 0.717) is 0 Å². The molecule has 1 aromatic carbocycles. The van der Waals surface area contributed by atoms with Crippen LogP contribution >= 0.6 is 0 Å². The Balaban J connectivity index is 1.61. The molecule has 30 heavy (non-hydrogen) atoms. The molecule has 0 aliphatic heterocycles. The Bertz CT molecular complexity index is 1060. The van der Waals surface area contributed by atoms with Crippen molar-refractivity contribution in [3.05, 3.63) is 77.4 Å². The highest BCUT2D eigenvalue weighted by molar-refractivity contribution is 6.35. The van der Waals surface area contributed by atoms with E-state index < -0.39 is 11.8 Å². The van der Waals surface area contributed by atoms with Gasteiger partial charge in [-0.15, -0.1) is 0 Å². The molecule has 0 fully saturated rings. The van der Waals surface area contributed by atoms with Crippen LogP contribution in [0.2, 0.25) is 0 Å². The van der Waals surface area contributed by atoms with E-state index in [2.05, 4.69) is 25.4 Å². The molecule has 0 atom stereocenters. The summed E-state index contributed by atoms with van der Waals surface area (Å²) in [5.74, 6) is -0.801. The van der Waals surface area contributed by atoms with Crippen LogP contribution in [-0.4, -0.2) is 34.7 Å². The molecule has 8 nitrogen and oxygen atoms in total. The second-order valence-corrected chi connectivity index (χ2v) is 6.60. The minimum Gasteiger partial charge on any atom is -0.497 e. The van der Waals surface area contributed by atoms with Gasteiger partial charge in [0.05, 0.1) is 13.3 Å². The van der Waals surface area contributed by atoms with Gasteiger partial charge in [-0.05, 0) is 61.9 Å². The van der Waals surface area contributed by atoms with Crippen molar-refractivity contribution in [2.75, 3.05) is 7.11 Å². The number of rotatable bonds is 6. The molecule has 2 heterocycles. The number of methoxy groups -OCH3 is 1. The molecule has 0 bridgehead atoms. The van der Waals surface area contributed by atoms with Crippen molar-refractivity contribution in [3.63, 3.8) is 0 Å². The number of carbonyl (C=O) groups excluding carboxylic acids is 2. The summed E-state index contributed by atoms with van der Waals surface area (Å²) in [5.41, 5.74) is 6.90. The van der Waals surface area contributed by atoms with Gasteiger partial charge in [-0.3, -0.25) is 14.6 Å². The fourth-order valence-corrected chi connectivity index (χ4v) is 3.02. The molecule has 2 amide bonds. The highest BCUT2D eigenvalue weighted by atomic mass is 16.5. The van der Waals surface area contributed by atoms with Crippen LogP contribution in [0.15, 0.2) is 60.0 Å². The van der Waals surface area contributed by atoms with Gasteiger partial charge in [-0.1, -0.05) is 0 Å². The molecule has 0 aliphatic rings. The van der Waals surface area contributed by atoms with E-state index in [-0.39, 0.29) is 6.54 Å². The second kappa shape index (κ2) is 9.51. The first kappa shape index (κ1) is 20.8. The van der Waals surface area contributed by atoms with Crippen molar-refractivity contribution in [1.29, 1.82) is 0 Å². The van der Waals surface area contributed by atoms with E-state index in [4.69, 9.17) is 4.74 Å². The van der Waals surface area contributed by atoms with Crippen molar-refractivity contribution in [2.45, 2.75) is 20.4 Å². The van der Waals surface area contributed by atoms with Gasteiger partial charge in [0.15, 0.2) is 0 Å². The number of benzene rings is 1. The van der Waals surface area contributed by atoms with Crippen molar-refractivity contribution >= 4 is 18.0 Å². The number of aryl methyl sites for hydroxylation is 1. The largest absolute Gasteiger partial charge is 0.497 e. The Morgan fingerprint density at radius 2 is 1.80 bits per heavy atom. The minimum absolute atomic E-state index is 0.238. The topological polar surface area (TPSA) is 97.6 Å². The number of amides is 2. The minimum atomic E-state index is -0.829. The van der Waals surface area contributed by atoms with Gasteiger partial charge < -0.3 is 14.6 Å². The fraction of sp³-hybridized carbons (Fsp3) is 0.182. The summed E-state index contributed by atoms with van der Waals surface area (Å²) >= 11 is 0. The Morgan fingerprint density at radius 1 is 1.10 bits per heavy atom. The average Bonchev–Trinajstić information content (AvgIpc) is 3.05. The molecule has 3 aromatic rings. The lowest BCUT2D eigenvalue weighted by molar-refractivity contribution is -0.139. The van der Waals surface area contributed by atoms with Crippen molar-refractivity contribution < 1.29 is 14.3 Å². The molecule has 3 rings (SSSR count). The Morgan fingerprint density at radius 3 is 2.47 bits per heavy atom. The lowest BCUT2D eigenvalue weighted by atomic mass is 10.2. The number of hydrogen-bond donors (Lipinski definition) is 2. The van der Waals surface area contributed by atoms with E-state index in [0.717, 1.165) is 34.0 Å². The number of pyridine rings is 1. The first-order chi connectivity index (χ1) is 14.5. The van der Waals surface area contributed by atoms with Crippen molar-refractivity contribution in [3.8, 4) is 11.4 Å². The van der Waals surface area contributed by atoms with Crippen LogP contribution in [0.25, 0.3) is 5.69 Å². The zero-order valence-corrected chi connectivity index (χ0v) is 17.0. The Kier molecular flexibility index (Phi) is 6.59. The van der Waals surface area contributed by atoms with Crippen molar-refractivity contribution in [2.24, 2.45) is 5.10 Å². The van der Waals surface area contributed by atoms with E-state index in [1.807, 2.05) is 44.2 Å². The molecule has 0 spiro atoms. The quantitative estimate of drug-likeness (QED) is 0.373. The van der Waals surface area contributed by atoms with Crippen LogP contribution in [0, 0.1) is 13.8 Å². The number of hydrogen-bond acceptors (Lipinski definition) is 5. The monoisotopic (exact) mass is 405 g/mol. The van der Waals surface area contributed by atoms with Crippen LogP contribution < -0.4 is 15.5 Å². The predicted octanol–water partition coefficient (Wildman–Crippen LogP) is 2.26. The zero-order valence-electron chi connectivity index (χ0n) is 17.0. The smallest absolute Gasteiger partial charge is 0.329 e. The summed E-state index contributed by atoms with van der Waals surface area (Å²) < 4.78 is 7.28. The summed E-state index contributed by atoms with van der Waals surface area (Å²) in [7, 11) is 1.63. The maximum absolute atomic E-state index is 11.9. The van der Waals surface area contributed by atoms with Crippen molar-refractivity contribution in [1.82, 2.24) is 20.3 Å². The molecule has 8 heteroatoms. The highest BCUT2D eigenvalue weighted by Crippen LogP contribution is 2.21. The summed E-state index contributed by atoms with van der Waals surface area (Å²) in [6.45, 7) is 4.18. The first-order valence-electron chi connectivity index (χ1n) is 9.33. The number of nitrogens with one attached hydrogen (secondary N) is 2. The van der Waals surface area contributed by atoms with E-state index >= 15 is 0 Å². The number of nitrogens with zero attached hydrogens (tertiary/aromatic N) is 3. The van der Waals surface area contributed by atoms with Gasteiger partial charge in [0.1, 0.15) is 5.75 Å². The molecular formula is C22H23N5O3. The van der Waals surface area contributed by atoms with Gasteiger partial charge in [0, 0.05) is 41.6 Å². The number of carbonyl (C=O) groups is 2. The van der Waals surface area contributed by atoms with Gasteiger partial charge in [-0.25, -0.2) is 5.43 Å². The molecule has 154 valence electrons. The molecule has 2 aromatic heterocycles. The molecule has 0 unspecified atom stereocenters. The van der Waals surface area contributed by atoms with Crippen LogP contribution in [0.1, 0.15) is 22.5 Å². The third-order valence-corrected chi connectivity index (χ3v) is 4.58. The van der Waals surface area contributed by atoms with E-state index in [1.54, 1.807) is 31.6 Å². The average molecular weight is 405 g/mol. The normalized spacial score (nSPS) is 10.8. The number of hydrazone groups is 1. The summed E-state index contributed by atoms with van der Waals surface area (Å²) in [5, 5.41) is 6.46. The number of ether oxygens (including phenoxy) is 1. The molecule has 0 radical (unpaired) electrons. The molecule has 0 saturated heterocycles. The summed E-state index contributed by atoms with van der Waals surface area (Å²) in [6, 6.07) is 13.2. The van der Waals surface area contributed by atoms with E-state index in [1.165, 1.54) is 6.21 Å². The Labute approximate surface area is 174 Å². The van der Waals surface area contributed by atoms with Crippen LogP contribution in [0.3, 0.4) is 0 Å². The first-order valence-corrected chi connectivity index (χ1v) is 9.33. The molecule has 0 aliphatic carbocycles. The van der Waals surface area contributed by atoms with Gasteiger partial charge in [0.25, 0.3) is 0 Å². The SMILES string of the molecule is COc1ccc(-n2c(C)cc(/C=N\NC(=O)C(=O)NCc3ccncc3)c2C)cc1. The summed E-state index contributed by atoms with van der Waals surface area (Å²) in [6.07, 6.45) is 4.76. The maximum atomic E-state index is 11.9. The van der Waals surface area contributed by atoms with Crippen LogP contribution in [-0.2, 0) is 16.1 Å². The molecular weight excluding hydrogens is 382 g/mol. The van der Waals surface area contributed by atoms with Gasteiger partial charge in [0.2, 0.25) is 0 Å². The Hall–Kier alpha value is -3.94. The van der Waals surface area contributed by atoms with Crippen LogP contribution in [0.4, 0.5) is 0 Å². The highest BCUT2D eigenvalue weighted by Gasteiger charge is 2.13. The third kappa shape index (κ3) is 4.91. The summed E-state index contributed by atoms with van der Waals surface area (Å²) in [4.78, 5) is 27.7. The number of aromatic nitrogens is 2. The van der Waals surface area contributed by atoms with Gasteiger partial charge in [-0.2, -0.15) is 5.10 Å². The standard InChI is InChI=1S/C22H23N5O3/c1-15-12-18(16(2)27(15)19-4-6-20(30-3)7-5-19)14-25-26-22(29)21(28)24-13-17-8-10-23-11-9-17/h4-12,14H,13H2,1-3H3,(H,24,28)(H,26,29)/b25-14-. The second-order valence-electron chi connectivity index (χ2n) is 6.60. The fourth-order valence-electron chi connectivity index (χ4n) is 3.02. The lowest BCUT2D eigenvalue weighted by Crippen LogP contribution is -2.37. The third-order valence-electron chi connectivity index (χ3n) is 4.58. The van der Waals surface area contributed by atoms with Gasteiger partial charge >= 0.3 is 11.8 Å². The lowest BCUT2D eigenvalue weighted by Gasteiger charge is -2.10. The molecule has 2 N–H and O–H groups in total. The van der Waals surface area contributed by atoms with Crippen LogP contribution in [0.5, 0.6) is 5.75 Å². The van der Waals surface area contributed by atoms with E-state index in [9.17, 15) is 9.59 Å². The maximum Gasteiger partial charge on any atom is 0.329 e. The zero-order chi connectivity index (χ0) is 21.5.